The normalized spacial score (nSPS) is 9.91. The van der Waals surface area contributed by atoms with Gasteiger partial charge in [-0.05, 0) is 6.08 Å². The maximum atomic E-state index is 5.42. The highest BCUT2D eigenvalue weighted by Crippen LogP contribution is 2.11. The number of allylic oxidation sites excluding steroid dienone is 1. The molecule has 0 saturated heterocycles. The van der Waals surface area contributed by atoms with Crippen LogP contribution < -0.4 is 5.73 Å². The van der Waals surface area contributed by atoms with Gasteiger partial charge < -0.3 is 5.73 Å². The monoisotopic (exact) mass is 210 g/mol. The number of hydrogen-bond donors (Lipinski definition) is 1. The van der Waals surface area contributed by atoms with E-state index in [1.54, 1.807) is 0 Å². The van der Waals surface area contributed by atoms with Crippen LogP contribution in [0.3, 0.4) is 0 Å². The lowest BCUT2D eigenvalue weighted by molar-refractivity contribution is 1.38. The van der Waals surface area contributed by atoms with Crippen LogP contribution >= 0.6 is 35.3 Å². The zero-order chi connectivity index (χ0) is 7.40. The van der Waals surface area contributed by atoms with Crippen molar-refractivity contribution in [2.24, 2.45) is 0 Å². The molecule has 1 rings (SSSR count). The third-order valence-electron chi connectivity index (χ3n) is 0.917. The van der Waals surface area contributed by atoms with Gasteiger partial charge in [0.2, 0.25) is 0 Å². The van der Waals surface area contributed by atoms with Crippen molar-refractivity contribution < 1.29 is 0 Å². The Labute approximate surface area is 80.5 Å². The summed E-state index contributed by atoms with van der Waals surface area (Å²) in [5.74, 6) is 0.511. The van der Waals surface area contributed by atoms with Crippen LogP contribution in [0.25, 0.3) is 6.08 Å². The summed E-state index contributed by atoms with van der Waals surface area (Å²) < 4.78 is 0. The number of nitrogens with zero attached hydrogens (tertiary/aromatic N) is 1. The molecule has 0 bridgehead atoms. The highest BCUT2D eigenvalue weighted by molar-refractivity contribution is 7.13. The molecule has 0 atom stereocenters. The number of alkyl halides is 1. The number of hydrogen-bond acceptors (Lipinski definition) is 3. The summed E-state index contributed by atoms with van der Waals surface area (Å²) in [6.07, 6.45) is 3.68. The van der Waals surface area contributed by atoms with E-state index in [0.29, 0.717) is 11.0 Å². The van der Waals surface area contributed by atoms with Gasteiger partial charge in [0.25, 0.3) is 0 Å². The van der Waals surface area contributed by atoms with E-state index in [-0.39, 0.29) is 12.4 Å². The maximum Gasteiger partial charge on any atom is 0.180 e. The molecule has 0 spiro atoms. The number of halogens is 2. The minimum Gasteiger partial charge on any atom is -0.375 e. The number of anilines is 1. The lowest BCUT2D eigenvalue weighted by Crippen LogP contribution is -1.80. The number of nitrogens with two attached hydrogens (primary N) is 1. The van der Waals surface area contributed by atoms with Crippen molar-refractivity contribution in [1.82, 2.24) is 4.98 Å². The first kappa shape index (κ1) is 10.8. The average molecular weight is 211 g/mol. The molecule has 0 radical (unpaired) electrons. The lowest BCUT2D eigenvalue weighted by atomic mass is 10.4. The molecule has 0 amide bonds. The van der Waals surface area contributed by atoms with E-state index in [9.17, 15) is 0 Å². The zero-order valence-corrected chi connectivity index (χ0v) is 8.05. The molecule has 0 fully saturated rings. The fourth-order valence-corrected chi connectivity index (χ4v) is 1.16. The molecule has 62 valence electrons. The van der Waals surface area contributed by atoms with Crippen molar-refractivity contribution in [3.8, 4) is 0 Å². The number of nitrogen functional groups attached to an aromatic ring is 1. The van der Waals surface area contributed by atoms with Gasteiger partial charge in [-0.1, -0.05) is 6.08 Å². The Morgan fingerprint density at radius 1 is 1.73 bits per heavy atom. The predicted octanol–water partition coefficient (Wildman–Crippen LogP) is 2.40. The molecule has 0 aromatic carbocycles. The molecule has 1 aromatic rings. The van der Waals surface area contributed by atoms with Gasteiger partial charge in [-0.15, -0.1) is 35.3 Å². The largest absolute Gasteiger partial charge is 0.375 e. The van der Waals surface area contributed by atoms with E-state index in [0.717, 1.165) is 5.69 Å². The molecular formula is C6H8Cl2N2S. The van der Waals surface area contributed by atoms with Crippen molar-refractivity contribution in [1.29, 1.82) is 0 Å². The molecule has 1 aromatic heterocycles. The van der Waals surface area contributed by atoms with Crippen molar-refractivity contribution >= 4 is 46.6 Å². The van der Waals surface area contributed by atoms with Crippen LogP contribution in [-0.2, 0) is 0 Å². The molecule has 0 aliphatic heterocycles. The van der Waals surface area contributed by atoms with E-state index in [4.69, 9.17) is 17.3 Å². The Balaban J connectivity index is 0.000001000. The van der Waals surface area contributed by atoms with E-state index >= 15 is 0 Å². The Kier molecular flexibility index (Phi) is 5.28. The summed E-state index contributed by atoms with van der Waals surface area (Å²) in [5.41, 5.74) is 6.27. The van der Waals surface area contributed by atoms with E-state index in [1.807, 2.05) is 17.5 Å². The van der Waals surface area contributed by atoms with Gasteiger partial charge in [-0.3, -0.25) is 0 Å². The highest BCUT2D eigenvalue weighted by Gasteiger charge is 1.91. The molecule has 2 nitrogen and oxygen atoms in total. The first-order valence-electron chi connectivity index (χ1n) is 2.76. The third kappa shape index (κ3) is 3.60. The Morgan fingerprint density at radius 2 is 2.45 bits per heavy atom. The highest BCUT2D eigenvalue weighted by atomic mass is 35.5. The van der Waals surface area contributed by atoms with E-state index in [1.165, 1.54) is 11.3 Å². The molecular weight excluding hydrogens is 203 g/mol. The fourth-order valence-electron chi connectivity index (χ4n) is 0.543. The number of aromatic nitrogens is 1. The lowest BCUT2D eigenvalue weighted by Gasteiger charge is -1.78. The molecule has 5 heteroatoms. The molecule has 0 unspecified atom stereocenters. The van der Waals surface area contributed by atoms with Gasteiger partial charge in [0.1, 0.15) is 0 Å². The number of thiazole rings is 1. The third-order valence-corrected chi connectivity index (χ3v) is 1.79. The topological polar surface area (TPSA) is 38.9 Å². The van der Waals surface area contributed by atoms with Gasteiger partial charge in [0, 0.05) is 11.3 Å². The molecule has 0 aliphatic rings. The minimum absolute atomic E-state index is 0. The van der Waals surface area contributed by atoms with Crippen LogP contribution in [0.15, 0.2) is 11.5 Å². The van der Waals surface area contributed by atoms with Crippen LogP contribution in [0.2, 0.25) is 0 Å². The van der Waals surface area contributed by atoms with Crippen LogP contribution in [0, 0.1) is 0 Å². The van der Waals surface area contributed by atoms with Gasteiger partial charge in [0.05, 0.1) is 5.69 Å². The summed E-state index contributed by atoms with van der Waals surface area (Å²) >= 11 is 6.84. The molecule has 11 heavy (non-hydrogen) atoms. The molecule has 0 aliphatic carbocycles. The first-order valence-corrected chi connectivity index (χ1v) is 4.18. The molecule has 1 heterocycles. The Hall–Kier alpha value is -0.250. The van der Waals surface area contributed by atoms with Gasteiger partial charge in [0.15, 0.2) is 5.13 Å². The van der Waals surface area contributed by atoms with Crippen LogP contribution in [0.5, 0.6) is 0 Å². The van der Waals surface area contributed by atoms with Crippen LogP contribution in [0.4, 0.5) is 5.13 Å². The summed E-state index contributed by atoms with van der Waals surface area (Å²) in [4.78, 5) is 4.00. The second-order valence-corrected chi connectivity index (χ2v) is 2.87. The van der Waals surface area contributed by atoms with Crippen molar-refractivity contribution in [2.45, 2.75) is 0 Å². The predicted molar refractivity (Wildman–Crippen MR) is 53.5 cm³/mol. The maximum absolute atomic E-state index is 5.42. The molecule has 2 N–H and O–H groups in total. The van der Waals surface area contributed by atoms with Gasteiger partial charge >= 0.3 is 0 Å². The van der Waals surface area contributed by atoms with Gasteiger partial charge in [-0.2, -0.15) is 0 Å². The van der Waals surface area contributed by atoms with E-state index in [2.05, 4.69) is 4.98 Å². The minimum atomic E-state index is 0. The zero-order valence-electron chi connectivity index (χ0n) is 5.66. The Bertz CT molecular complexity index is 234. The first-order chi connectivity index (χ1) is 4.83. The van der Waals surface area contributed by atoms with E-state index < -0.39 is 0 Å². The fraction of sp³-hybridized carbons (Fsp3) is 0.167. The second-order valence-electron chi connectivity index (χ2n) is 1.67. The summed E-state index contributed by atoms with van der Waals surface area (Å²) in [5, 5.41) is 2.48. The van der Waals surface area contributed by atoms with Crippen molar-refractivity contribution in [3.63, 3.8) is 0 Å². The smallest absolute Gasteiger partial charge is 0.180 e. The SMILES string of the molecule is Cl.Nc1nc(C=CCCl)cs1. The van der Waals surface area contributed by atoms with Gasteiger partial charge in [-0.25, -0.2) is 4.98 Å². The quantitative estimate of drug-likeness (QED) is 0.763. The number of rotatable bonds is 2. The second kappa shape index (κ2) is 5.41. The van der Waals surface area contributed by atoms with Crippen LogP contribution in [-0.4, -0.2) is 10.9 Å². The molecule has 0 saturated carbocycles. The Morgan fingerprint density at radius 3 is 2.91 bits per heavy atom. The standard InChI is InChI=1S/C6H7ClN2S.ClH/c7-3-1-2-5-4-10-6(8)9-5;/h1-2,4H,3H2,(H2,8,9);1H. The summed E-state index contributed by atoms with van der Waals surface area (Å²) in [6, 6.07) is 0. The van der Waals surface area contributed by atoms with Crippen LogP contribution in [0.1, 0.15) is 5.69 Å². The summed E-state index contributed by atoms with van der Waals surface area (Å²) in [6.45, 7) is 0. The van der Waals surface area contributed by atoms with Crippen molar-refractivity contribution in [3.05, 3.63) is 17.2 Å². The van der Waals surface area contributed by atoms with Crippen molar-refractivity contribution in [2.75, 3.05) is 11.6 Å². The summed E-state index contributed by atoms with van der Waals surface area (Å²) in [7, 11) is 0. The average Bonchev–Trinajstić information content (AvgIpc) is 2.31.